The van der Waals surface area contributed by atoms with Crippen molar-refractivity contribution in [2.75, 3.05) is 21.3 Å². The lowest BCUT2D eigenvalue weighted by Crippen LogP contribution is -2.06. The van der Waals surface area contributed by atoms with E-state index in [1.165, 1.54) is 21.3 Å². The van der Waals surface area contributed by atoms with Crippen LogP contribution in [0.1, 0.15) is 10.4 Å². The number of pyridine rings is 1. The molecule has 0 atom stereocenters. The summed E-state index contributed by atoms with van der Waals surface area (Å²) in [6.45, 7) is 0. The Morgan fingerprint density at radius 2 is 2.00 bits per heavy atom. The molecule has 0 fully saturated rings. The largest absolute Gasteiger partial charge is 0.493 e. The molecule has 2 rings (SSSR count). The molecule has 0 amide bonds. The van der Waals surface area contributed by atoms with Gasteiger partial charge in [-0.2, -0.15) is 0 Å². The molecule has 0 aliphatic carbocycles. The van der Waals surface area contributed by atoms with E-state index < -0.39 is 5.97 Å². The normalized spacial score (nSPS) is 10.2. The molecule has 0 spiro atoms. The van der Waals surface area contributed by atoms with Crippen molar-refractivity contribution in [2.45, 2.75) is 0 Å². The molecule has 2 aromatic rings. The van der Waals surface area contributed by atoms with Gasteiger partial charge in [-0.05, 0) is 17.5 Å². The number of esters is 1. The van der Waals surface area contributed by atoms with E-state index in [-0.39, 0.29) is 0 Å². The molecule has 5 heteroatoms. The van der Waals surface area contributed by atoms with Crippen LogP contribution in [-0.2, 0) is 4.74 Å². The highest BCUT2D eigenvalue weighted by molar-refractivity contribution is 6.08. The van der Waals surface area contributed by atoms with Crippen LogP contribution in [0.2, 0.25) is 0 Å². The summed E-state index contributed by atoms with van der Waals surface area (Å²) in [5, 5.41) is 1.50. The number of hydrogen-bond donors (Lipinski definition) is 0. The Hall–Kier alpha value is -2.30. The Bertz CT molecular complexity index is 595. The molecule has 0 radical (unpaired) electrons. The molecule has 94 valence electrons. The lowest BCUT2D eigenvalue weighted by Gasteiger charge is -2.13. The summed E-state index contributed by atoms with van der Waals surface area (Å²) in [5.74, 6) is 0.352. The van der Waals surface area contributed by atoms with E-state index in [1.807, 2.05) is 0 Å². The first-order chi connectivity index (χ1) is 8.72. The molecule has 0 aliphatic heterocycles. The van der Waals surface area contributed by atoms with E-state index in [4.69, 9.17) is 14.2 Å². The standard InChI is InChI=1S/C13H13NO4/c1-16-10-6-8-4-5-14-7-9(8)11(12(10)17-2)13(15)18-3/h4-7H,1-3H3. The number of hydrogen-bond acceptors (Lipinski definition) is 5. The van der Waals surface area contributed by atoms with Crippen molar-refractivity contribution in [3.8, 4) is 11.5 Å². The molecule has 0 bridgehead atoms. The van der Waals surface area contributed by atoms with Gasteiger partial charge in [-0.25, -0.2) is 4.79 Å². The number of benzene rings is 1. The first-order valence-corrected chi connectivity index (χ1v) is 5.30. The number of carbonyl (C=O) groups excluding carboxylic acids is 1. The Morgan fingerprint density at radius 3 is 2.61 bits per heavy atom. The van der Waals surface area contributed by atoms with Gasteiger partial charge in [0.15, 0.2) is 11.5 Å². The van der Waals surface area contributed by atoms with Crippen LogP contribution in [0, 0.1) is 0 Å². The molecule has 0 unspecified atom stereocenters. The van der Waals surface area contributed by atoms with Gasteiger partial charge in [-0.15, -0.1) is 0 Å². The lowest BCUT2D eigenvalue weighted by molar-refractivity contribution is 0.0599. The fourth-order valence-electron chi connectivity index (χ4n) is 1.85. The molecule has 0 saturated carbocycles. The molecule has 0 N–H and O–H groups in total. The third kappa shape index (κ3) is 1.84. The van der Waals surface area contributed by atoms with Crippen molar-refractivity contribution in [3.05, 3.63) is 30.1 Å². The van der Waals surface area contributed by atoms with Gasteiger partial charge in [0.1, 0.15) is 5.56 Å². The highest BCUT2D eigenvalue weighted by atomic mass is 16.5. The summed E-state index contributed by atoms with van der Waals surface area (Å²) < 4.78 is 15.3. The van der Waals surface area contributed by atoms with Gasteiger partial charge in [0, 0.05) is 17.8 Å². The second-order valence-corrected chi connectivity index (χ2v) is 3.58. The Labute approximate surface area is 104 Å². The summed E-state index contributed by atoms with van der Waals surface area (Å²) in [6.07, 6.45) is 3.25. The SMILES string of the molecule is COC(=O)c1c(OC)c(OC)cc2ccncc12. The van der Waals surface area contributed by atoms with Gasteiger partial charge in [0.2, 0.25) is 0 Å². The number of rotatable bonds is 3. The van der Waals surface area contributed by atoms with Gasteiger partial charge >= 0.3 is 5.97 Å². The van der Waals surface area contributed by atoms with Crippen molar-refractivity contribution >= 4 is 16.7 Å². The van der Waals surface area contributed by atoms with Crippen molar-refractivity contribution in [3.63, 3.8) is 0 Å². The maximum Gasteiger partial charge on any atom is 0.342 e. The van der Waals surface area contributed by atoms with Gasteiger partial charge in [-0.1, -0.05) is 0 Å². The number of fused-ring (bicyclic) bond motifs is 1. The van der Waals surface area contributed by atoms with Crippen LogP contribution in [0.25, 0.3) is 10.8 Å². The molecule has 0 saturated heterocycles. The molecule has 1 aromatic carbocycles. The van der Waals surface area contributed by atoms with Gasteiger partial charge in [0.25, 0.3) is 0 Å². The first kappa shape index (κ1) is 12.2. The molecular formula is C13H13NO4. The Balaban J connectivity index is 2.86. The van der Waals surface area contributed by atoms with Crippen LogP contribution >= 0.6 is 0 Å². The first-order valence-electron chi connectivity index (χ1n) is 5.30. The number of methoxy groups -OCH3 is 3. The Kier molecular flexibility index (Phi) is 3.32. The maximum atomic E-state index is 11.9. The van der Waals surface area contributed by atoms with E-state index in [2.05, 4.69) is 4.98 Å². The minimum Gasteiger partial charge on any atom is -0.493 e. The zero-order chi connectivity index (χ0) is 13.1. The minimum atomic E-state index is -0.483. The minimum absolute atomic E-state index is 0.322. The zero-order valence-electron chi connectivity index (χ0n) is 10.4. The molecule has 1 heterocycles. The van der Waals surface area contributed by atoms with Gasteiger partial charge in [-0.3, -0.25) is 4.98 Å². The third-order valence-electron chi connectivity index (χ3n) is 2.68. The van der Waals surface area contributed by atoms with Crippen molar-refractivity contribution in [1.82, 2.24) is 4.98 Å². The van der Waals surface area contributed by atoms with Crippen LogP contribution in [0.5, 0.6) is 11.5 Å². The summed E-state index contributed by atoms with van der Waals surface area (Å²) >= 11 is 0. The highest BCUT2D eigenvalue weighted by Gasteiger charge is 2.21. The number of carbonyl (C=O) groups is 1. The van der Waals surface area contributed by atoms with E-state index in [0.717, 1.165) is 5.39 Å². The van der Waals surface area contributed by atoms with E-state index in [1.54, 1.807) is 24.5 Å². The Morgan fingerprint density at radius 1 is 1.22 bits per heavy atom. The monoisotopic (exact) mass is 247 g/mol. The quantitative estimate of drug-likeness (QED) is 0.777. The van der Waals surface area contributed by atoms with Crippen LogP contribution in [0.3, 0.4) is 0 Å². The van der Waals surface area contributed by atoms with Crippen LogP contribution in [-0.4, -0.2) is 32.3 Å². The fourth-order valence-corrected chi connectivity index (χ4v) is 1.85. The van der Waals surface area contributed by atoms with Crippen LogP contribution < -0.4 is 9.47 Å². The topological polar surface area (TPSA) is 57.7 Å². The predicted molar refractivity (Wildman–Crippen MR) is 66.2 cm³/mol. The van der Waals surface area contributed by atoms with Gasteiger partial charge < -0.3 is 14.2 Å². The summed E-state index contributed by atoms with van der Waals surface area (Å²) in [5.41, 5.74) is 0.322. The second-order valence-electron chi connectivity index (χ2n) is 3.58. The highest BCUT2D eigenvalue weighted by Crippen LogP contribution is 2.37. The summed E-state index contributed by atoms with van der Waals surface area (Å²) in [6, 6.07) is 3.59. The van der Waals surface area contributed by atoms with Crippen LogP contribution in [0.15, 0.2) is 24.5 Å². The smallest absolute Gasteiger partial charge is 0.342 e. The average molecular weight is 247 g/mol. The predicted octanol–water partition coefficient (Wildman–Crippen LogP) is 2.04. The van der Waals surface area contributed by atoms with Crippen molar-refractivity contribution in [1.29, 1.82) is 0 Å². The van der Waals surface area contributed by atoms with Crippen molar-refractivity contribution < 1.29 is 19.0 Å². The van der Waals surface area contributed by atoms with Gasteiger partial charge in [0.05, 0.1) is 21.3 Å². The third-order valence-corrected chi connectivity index (χ3v) is 2.68. The number of ether oxygens (including phenoxy) is 3. The number of aromatic nitrogens is 1. The maximum absolute atomic E-state index is 11.9. The van der Waals surface area contributed by atoms with E-state index in [9.17, 15) is 4.79 Å². The van der Waals surface area contributed by atoms with Crippen molar-refractivity contribution in [2.24, 2.45) is 0 Å². The summed E-state index contributed by atoms with van der Waals surface area (Å²) in [4.78, 5) is 15.9. The summed E-state index contributed by atoms with van der Waals surface area (Å²) in [7, 11) is 4.32. The molecule has 18 heavy (non-hydrogen) atoms. The molecule has 5 nitrogen and oxygen atoms in total. The fraction of sp³-hybridized carbons (Fsp3) is 0.231. The molecular weight excluding hydrogens is 234 g/mol. The van der Waals surface area contributed by atoms with Crippen LogP contribution in [0.4, 0.5) is 0 Å². The molecule has 1 aromatic heterocycles. The number of nitrogens with zero attached hydrogens (tertiary/aromatic N) is 1. The second kappa shape index (κ2) is 4.91. The van der Waals surface area contributed by atoms with E-state index >= 15 is 0 Å². The average Bonchev–Trinajstić information content (AvgIpc) is 2.44. The molecule has 0 aliphatic rings. The lowest BCUT2D eigenvalue weighted by atomic mass is 10.0. The zero-order valence-corrected chi connectivity index (χ0v) is 10.4. The van der Waals surface area contributed by atoms with E-state index in [0.29, 0.717) is 22.4 Å².